The zero-order chi connectivity index (χ0) is 9.52. The summed E-state index contributed by atoms with van der Waals surface area (Å²) in [7, 11) is 0. The van der Waals surface area contributed by atoms with E-state index < -0.39 is 0 Å². The minimum Gasteiger partial charge on any atom is -0.313 e. The van der Waals surface area contributed by atoms with Crippen molar-refractivity contribution in [2.45, 2.75) is 6.42 Å². The Morgan fingerprint density at radius 1 is 1.31 bits per heavy atom. The first-order chi connectivity index (χ1) is 6.33. The standard InChI is InChI=1S/C11H14BrN/c1-2-8-13-9-7-10-3-5-11(12)6-4-10/h2-6,13H,1,7-9H2. The summed E-state index contributed by atoms with van der Waals surface area (Å²) in [5.41, 5.74) is 1.36. The van der Waals surface area contributed by atoms with Gasteiger partial charge in [-0.3, -0.25) is 0 Å². The quantitative estimate of drug-likeness (QED) is 0.616. The molecule has 0 saturated heterocycles. The molecular formula is C11H14BrN. The first kappa shape index (κ1) is 10.5. The second-order valence-electron chi connectivity index (χ2n) is 2.87. The number of hydrogen-bond donors (Lipinski definition) is 1. The molecule has 0 atom stereocenters. The van der Waals surface area contributed by atoms with Crippen molar-refractivity contribution in [3.8, 4) is 0 Å². The molecule has 0 fully saturated rings. The summed E-state index contributed by atoms with van der Waals surface area (Å²) >= 11 is 3.41. The van der Waals surface area contributed by atoms with Crippen LogP contribution < -0.4 is 5.32 Å². The first-order valence-corrected chi connectivity index (χ1v) is 5.18. The molecule has 1 aromatic rings. The lowest BCUT2D eigenvalue weighted by Gasteiger charge is -2.01. The SMILES string of the molecule is C=CCNCCc1ccc(Br)cc1. The second kappa shape index (κ2) is 5.95. The van der Waals surface area contributed by atoms with Crippen LogP contribution in [0.15, 0.2) is 41.4 Å². The van der Waals surface area contributed by atoms with E-state index in [1.807, 2.05) is 6.08 Å². The summed E-state index contributed by atoms with van der Waals surface area (Å²) in [6, 6.07) is 8.42. The molecule has 0 radical (unpaired) electrons. The molecule has 1 N–H and O–H groups in total. The molecule has 0 aliphatic carbocycles. The minimum absolute atomic E-state index is 0.885. The summed E-state index contributed by atoms with van der Waals surface area (Å²) in [6.45, 7) is 5.54. The van der Waals surface area contributed by atoms with Gasteiger partial charge in [0, 0.05) is 11.0 Å². The molecule has 0 saturated carbocycles. The first-order valence-electron chi connectivity index (χ1n) is 4.39. The third-order valence-electron chi connectivity index (χ3n) is 1.79. The Bertz CT molecular complexity index is 253. The normalized spacial score (nSPS) is 9.92. The fourth-order valence-corrected chi connectivity index (χ4v) is 1.35. The number of benzene rings is 1. The average Bonchev–Trinajstić information content (AvgIpc) is 2.15. The smallest absolute Gasteiger partial charge is 0.0175 e. The molecule has 0 bridgehead atoms. The Morgan fingerprint density at radius 3 is 2.62 bits per heavy atom. The maximum Gasteiger partial charge on any atom is 0.0175 e. The van der Waals surface area contributed by atoms with Gasteiger partial charge in [0.05, 0.1) is 0 Å². The summed E-state index contributed by atoms with van der Waals surface area (Å²) < 4.78 is 1.13. The van der Waals surface area contributed by atoms with E-state index in [1.54, 1.807) is 0 Å². The topological polar surface area (TPSA) is 12.0 Å². The van der Waals surface area contributed by atoms with Gasteiger partial charge in [0.2, 0.25) is 0 Å². The van der Waals surface area contributed by atoms with Crippen molar-refractivity contribution in [3.05, 3.63) is 47.0 Å². The third-order valence-corrected chi connectivity index (χ3v) is 2.32. The van der Waals surface area contributed by atoms with Gasteiger partial charge in [0.25, 0.3) is 0 Å². The van der Waals surface area contributed by atoms with E-state index in [0.29, 0.717) is 0 Å². The van der Waals surface area contributed by atoms with Gasteiger partial charge in [-0.2, -0.15) is 0 Å². The van der Waals surface area contributed by atoms with Crippen LogP contribution in [0.25, 0.3) is 0 Å². The van der Waals surface area contributed by atoms with Crippen LogP contribution in [0.2, 0.25) is 0 Å². The number of hydrogen-bond acceptors (Lipinski definition) is 1. The van der Waals surface area contributed by atoms with Gasteiger partial charge in [-0.15, -0.1) is 6.58 Å². The van der Waals surface area contributed by atoms with Crippen LogP contribution in [0.5, 0.6) is 0 Å². The molecule has 2 heteroatoms. The van der Waals surface area contributed by atoms with Crippen molar-refractivity contribution < 1.29 is 0 Å². The van der Waals surface area contributed by atoms with Gasteiger partial charge in [0.15, 0.2) is 0 Å². The van der Waals surface area contributed by atoms with Gasteiger partial charge >= 0.3 is 0 Å². The van der Waals surface area contributed by atoms with E-state index in [-0.39, 0.29) is 0 Å². The lowest BCUT2D eigenvalue weighted by atomic mass is 10.1. The zero-order valence-electron chi connectivity index (χ0n) is 7.59. The van der Waals surface area contributed by atoms with Crippen LogP contribution in [-0.2, 0) is 6.42 Å². The molecule has 13 heavy (non-hydrogen) atoms. The minimum atomic E-state index is 0.885. The van der Waals surface area contributed by atoms with Gasteiger partial charge < -0.3 is 5.32 Å². The molecule has 70 valence electrons. The fourth-order valence-electron chi connectivity index (χ4n) is 1.09. The Hall–Kier alpha value is -0.600. The van der Waals surface area contributed by atoms with Crippen LogP contribution in [0, 0.1) is 0 Å². The molecule has 0 aliphatic rings. The van der Waals surface area contributed by atoms with Crippen molar-refractivity contribution in [1.29, 1.82) is 0 Å². The van der Waals surface area contributed by atoms with E-state index in [1.165, 1.54) is 5.56 Å². The van der Waals surface area contributed by atoms with Crippen molar-refractivity contribution in [3.63, 3.8) is 0 Å². The zero-order valence-corrected chi connectivity index (χ0v) is 9.18. The second-order valence-corrected chi connectivity index (χ2v) is 3.78. The maximum absolute atomic E-state index is 3.65. The van der Waals surface area contributed by atoms with Crippen LogP contribution in [0.3, 0.4) is 0 Å². The lowest BCUT2D eigenvalue weighted by molar-refractivity contribution is 0.745. The van der Waals surface area contributed by atoms with Gasteiger partial charge in [-0.1, -0.05) is 34.1 Å². The molecule has 1 nitrogen and oxygen atoms in total. The summed E-state index contributed by atoms with van der Waals surface area (Å²) in [6.07, 6.45) is 2.95. The lowest BCUT2D eigenvalue weighted by Crippen LogP contribution is -2.16. The van der Waals surface area contributed by atoms with Gasteiger partial charge in [-0.05, 0) is 30.7 Å². The summed E-state index contributed by atoms with van der Waals surface area (Å²) in [4.78, 5) is 0. The Morgan fingerprint density at radius 2 is 2.00 bits per heavy atom. The highest BCUT2D eigenvalue weighted by Gasteiger charge is 1.91. The Labute approximate surface area is 88.0 Å². The molecule has 1 rings (SSSR count). The van der Waals surface area contributed by atoms with Gasteiger partial charge in [0.1, 0.15) is 0 Å². The monoisotopic (exact) mass is 239 g/mol. The highest BCUT2D eigenvalue weighted by Crippen LogP contribution is 2.10. The van der Waals surface area contributed by atoms with Gasteiger partial charge in [-0.25, -0.2) is 0 Å². The molecule has 0 spiro atoms. The highest BCUT2D eigenvalue weighted by atomic mass is 79.9. The van der Waals surface area contributed by atoms with E-state index in [0.717, 1.165) is 24.0 Å². The van der Waals surface area contributed by atoms with Crippen LogP contribution >= 0.6 is 15.9 Å². The van der Waals surface area contributed by atoms with Crippen LogP contribution in [-0.4, -0.2) is 13.1 Å². The number of nitrogens with one attached hydrogen (secondary N) is 1. The van der Waals surface area contributed by atoms with Crippen molar-refractivity contribution in [1.82, 2.24) is 5.32 Å². The average molecular weight is 240 g/mol. The molecule has 1 aromatic carbocycles. The van der Waals surface area contributed by atoms with Crippen LogP contribution in [0.4, 0.5) is 0 Å². The number of halogens is 1. The fraction of sp³-hybridized carbons (Fsp3) is 0.273. The molecular weight excluding hydrogens is 226 g/mol. The third kappa shape index (κ3) is 4.25. The summed E-state index contributed by atoms with van der Waals surface area (Å²) in [5, 5.41) is 3.27. The summed E-state index contributed by atoms with van der Waals surface area (Å²) in [5.74, 6) is 0. The Balaban J connectivity index is 2.28. The van der Waals surface area contributed by atoms with E-state index in [2.05, 4.69) is 52.1 Å². The van der Waals surface area contributed by atoms with Crippen molar-refractivity contribution in [2.75, 3.05) is 13.1 Å². The van der Waals surface area contributed by atoms with E-state index in [4.69, 9.17) is 0 Å². The molecule has 0 aromatic heterocycles. The molecule has 0 heterocycles. The molecule has 0 aliphatic heterocycles. The van der Waals surface area contributed by atoms with Crippen molar-refractivity contribution >= 4 is 15.9 Å². The molecule has 0 unspecified atom stereocenters. The van der Waals surface area contributed by atoms with Crippen LogP contribution in [0.1, 0.15) is 5.56 Å². The predicted octanol–water partition coefficient (Wildman–Crippen LogP) is 2.77. The Kier molecular flexibility index (Phi) is 4.79. The predicted molar refractivity (Wildman–Crippen MR) is 60.9 cm³/mol. The number of rotatable bonds is 5. The largest absolute Gasteiger partial charge is 0.313 e. The highest BCUT2D eigenvalue weighted by molar-refractivity contribution is 9.10. The van der Waals surface area contributed by atoms with E-state index in [9.17, 15) is 0 Å². The maximum atomic E-state index is 3.65. The van der Waals surface area contributed by atoms with Crippen molar-refractivity contribution in [2.24, 2.45) is 0 Å². The van der Waals surface area contributed by atoms with E-state index >= 15 is 0 Å². The molecule has 0 amide bonds.